The van der Waals surface area contributed by atoms with Gasteiger partial charge in [0.15, 0.2) is 5.78 Å². The van der Waals surface area contributed by atoms with Crippen molar-refractivity contribution in [1.82, 2.24) is 0 Å². The van der Waals surface area contributed by atoms with E-state index in [0.717, 1.165) is 3.57 Å². The highest BCUT2D eigenvalue weighted by molar-refractivity contribution is 14.1. The van der Waals surface area contributed by atoms with Gasteiger partial charge in [0.05, 0.1) is 4.90 Å². The fourth-order valence-corrected chi connectivity index (χ4v) is 3.24. The number of rotatable bonds is 5. The molecule has 0 aliphatic rings. The molecule has 0 unspecified atom stereocenters. The van der Waals surface area contributed by atoms with E-state index in [0.29, 0.717) is 17.7 Å². The van der Waals surface area contributed by atoms with Crippen molar-refractivity contribution in [2.45, 2.75) is 18.2 Å². The Morgan fingerprint density at radius 3 is 2.43 bits per heavy atom. The van der Waals surface area contributed by atoms with E-state index in [1.807, 2.05) is 12.1 Å². The van der Waals surface area contributed by atoms with Crippen LogP contribution in [0.4, 0.5) is 5.69 Å². The minimum atomic E-state index is -3.70. The van der Waals surface area contributed by atoms with Crippen LogP contribution in [0.2, 0.25) is 0 Å². The first-order valence-corrected chi connectivity index (χ1v) is 8.90. The summed E-state index contributed by atoms with van der Waals surface area (Å²) >= 11 is 2.15. The average molecular weight is 415 g/mol. The Labute approximate surface area is 137 Å². The number of benzene rings is 2. The number of carbonyl (C=O) groups excluding carboxylic acids is 1. The molecule has 21 heavy (non-hydrogen) atoms. The molecule has 2 rings (SSSR count). The fourth-order valence-electron chi connectivity index (χ4n) is 1.77. The third-order valence-electron chi connectivity index (χ3n) is 2.88. The highest BCUT2D eigenvalue weighted by Gasteiger charge is 2.16. The van der Waals surface area contributed by atoms with Crippen molar-refractivity contribution in [3.05, 3.63) is 57.7 Å². The first-order valence-electron chi connectivity index (χ1n) is 6.34. The van der Waals surface area contributed by atoms with Gasteiger partial charge in [0, 0.05) is 21.2 Å². The van der Waals surface area contributed by atoms with Gasteiger partial charge in [-0.25, -0.2) is 8.42 Å². The molecule has 0 saturated carbocycles. The van der Waals surface area contributed by atoms with Crippen molar-refractivity contribution in [2.24, 2.45) is 0 Å². The molecule has 0 amide bonds. The Morgan fingerprint density at radius 2 is 1.81 bits per heavy atom. The van der Waals surface area contributed by atoms with E-state index in [1.54, 1.807) is 31.2 Å². The second-order valence-corrected chi connectivity index (χ2v) is 7.34. The molecule has 0 aliphatic carbocycles. The summed E-state index contributed by atoms with van der Waals surface area (Å²) in [6.45, 7) is 1.74. The zero-order valence-corrected chi connectivity index (χ0v) is 14.3. The van der Waals surface area contributed by atoms with Crippen LogP contribution in [0.1, 0.15) is 23.7 Å². The fraction of sp³-hybridized carbons (Fsp3) is 0.133. The number of Topliss-reactive ketones (excluding diaryl/α,β-unsaturated/α-hetero) is 1. The van der Waals surface area contributed by atoms with Crippen molar-refractivity contribution >= 4 is 44.1 Å². The van der Waals surface area contributed by atoms with Gasteiger partial charge in [0.25, 0.3) is 10.0 Å². The molecule has 0 spiro atoms. The molecule has 1 N–H and O–H groups in total. The third-order valence-corrected chi connectivity index (χ3v) is 4.98. The lowest BCUT2D eigenvalue weighted by Crippen LogP contribution is -2.13. The van der Waals surface area contributed by atoms with Gasteiger partial charge in [0.1, 0.15) is 0 Å². The predicted molar refractivity (Wildman–Crippen MR) is 91.0 cm³/mol. The highest BCUT2D eigenvalue weighted by Crippen LogP contribution is 2.18. The molecule has 2 aromatic rings. The van der Waals surface area contributed by atoms with Gasteiger partial charge < -0.3 is 0 Å². The first kappa shape index (κ1) is 16.0. The summed E-state index contributed by atoms with van der Waals surface area (Å²) in [5.74, 6) is -0.0821. The van der Waals surface area contributed by atoms with Gasteiger partial charge in [-0.3, -0.25) is 9.52 Å². The van der Waals surface area contributed by atoms with Crippen LogP contribution in [-0.4, -0.2) is 14.2 Å². The Balaban J connectivity index is 2.31. The zero-order chi connectivity index (χ0) is 15.5. The van der Waals surface area contributed by atoms with Gasteiger partial charge in [-0.2, -0.15) is 0 Å². The largest absolute Gasteiger partial charge is 0.294 e. The summed E-state index contributed by atoms with van der Waals surface area (Å²) in [5.41, 5.74) is 0.894. The molecule has 0 radical (unpaired) electrons. The van der Waals surface area contributed by atoms with Crippen LogP contribution in [-0.2, 0) is 10.0 Å². The van der Waals surface area contributed by atoms with E-state index in [2.05, 4.69) is 27.3 Å². The number of halogens is 1. The van der Waals surface area contributed by atoms with Crippen LogP contribution in [0.25, 0.3) is 0 Å². The van der Waals surface area contributed by atoms with E-state index >= 15 is 0 Å². The molecule has 4 nitrogen and oxygen atoms in total. The number of ketones is 1. The normalized spacial score (nSPS) is 11.1. The maximum atomic E-state index is 12.3. The van der Waals surface area contributed by atoms with Crippen LogP contribution in [0.15, 0.2) is 53.4 Å². The second-order valence-electron chi connectivity index (χ2n) is 4.42. The summed E-state index contributed by atoms with van der Waals surface area (Å²) < 4.78 is 28.2. The molecule has 0 bridgehead atoms. The van der Waals surface area contributed by atoms with Crippen LogP contribution in [0, 0.1) is 3.57 Å². The lowest BCUT2D eigenvalue weighted by molar-refractivity contribution is 0.0988. The number of nitrogens with one attached hydrogen (secondary N) is 1. The summed E-state index contributed by atoms with van der Waals surface area (Å²) in [6, 6.07) is 13.1. The van der Waals surface area contributed by atoms with Gasteiger partial charge in [-0.05, 0) is 59.0 Å². The molecule has 0 fully saturated rings. The molecular formula is C15H14INO3S. The molecule has 0 saturated heterocycles. The lowest BCUT2D eigenvalue weighted by atomic mass is 10.1. The maximum Gasteiger partial charge on any atom is 0.261 e. The van der Waals surface area contributed by atoms with E-state index in [9.17, 15) is 13.2 Å². The number of carbonyl (C=O) groups is 1. The smallest absolute Gasteiger partial charge is 0.261 e. The summed E-state index contributed by atoms with van der Waals surface area (Å²) in [6.07, 6.45) is 0.341. The Bertz CT molecular complexity index is 755. The van der Waals surface area contributed by atoms with E-state index in [1.165, 1.54) is 12.1 Å². The number of anilines is 1. The second kappa shape index (κ2) is 6.57. The van der Waals surface area contributed by atoms with Crippen LogP contribution >= 0.6 is 22.6 Å². The predicted octanol–water partition coefficient (Wildman–Crippen LogP) is 3.68. The minimum Gasteiger partial charge on any atom is -0.294 e. The van der Waals surface area contributed by atoms with Crippen molar-refractivity contribution in [3.8, 4) is 0 Å². The first-order chi connectivity index (χ1) is 9.92. The molecule has 0 aliphatic heterocycles. The topological polar surface area (TPSA) is 63.2 Å². The summed E-state index contributed by atoms with van der Waals surface area (Å²) in [5, 5.41) is 0. The van der Waals surface area contributed by atoms with Crippen molar-refractivity contribution in [2.75, 3.05) is 4.72 Å². The van der Waals surface area contributed by atoms with Crippen LogP contribution in [0.5, 0.6) is 0 Å². The van der Waals surface area contributed by atoms with Gasteiger partial charge in [-0.15, -0.1) is 0 Å². The van der Waals surface area contributed by atoms with Crippen molar-refractivity contribution in [1.29, 1.82) is 0 Å². The number of hydrogen-bond donors (Lipinski definition) is 1. The number of hydrogen-bond acceptors (Lipinski definition) is 3. The monoisotopic (exact) mass is 415 g/mol. The Hall–Kier alpha value is -1.41. The minimum absolute atomic E-state index is 0.0821. The molecule has 0 heterocycles. The standard InChI is InChI=1S/C15H14INO3S/c1-2-15(18)11-4-3-5-14(10-11)21(19,20)17-13-8-6-12(16)7-9-13/h3-10,17H,2H2,1H3. The number of sulfonamides is 1. The molecular weight excluding hydrogens is 401 g/mol. The SMILES string of the molecule is CCC(=O)c1cccc(S(=O)(=O)Nc2ccc(I)cc2)c1. The molecule has 0 aromatic heterocycles. The molecule has 110 valence electrons. The van der Waals surface area contributed by atoms with Gasteiger partial charge in [-0.1, -0.05) is 19.1 Å². The lowest BCUT2D eigenvalue weighted by Gasteiger charge is -2.09. The summed E-state index contributed by atoms with van der Waals surface area (Å²) in [7, 11) is -3.70. The zero-order valence-electron chi connectivity index (χ0n) is 11.3. The molecule has 0 atom stereocenters. The quantitative estimate of drug-likeness (QED) is 0.599. The van der Waals surface area contributed by atoms with Crippen molar-refractivity contribution < 1.29 is 13.2 Å². The average Bonchev–Trinajstić information content (AvgIpc) is 2.49. The Morgan fingerprint density at radius 1 is 1.14 bits per heavy atom. The van der Waals surface area contributed by atoms with Crippen LogP contribution in [0.3, 0.4) is 0 Å². The molecule has 2 aromatic carbocycles. The molecule has 6 heteroatoms. The highest BCUT2D eigenvalue weighted by atomic mass is 127. The van der Waals surface area contributed by atoms with Gasteiger partial charge in [0.2, 0.25) is 0 Å². The van der Waals surface area contributed by atoms with E-state index in [4.69, 9.17) is 0 Å². The van der Waals surface area contributed by atoms with Crippen molar-refractivity contribution in [3.63, 3.8) is 0 Å². The summed E-state index contributed by atoms with van der Waals surface area (Å²) in [4.78, 5) is 11.8. The van der Waals surface area contributed by atoms with Gasteiger partial charge >= 0.3 is 0 Å². The van der Waals surface area contributed by atoms with Crippen LogP contribution < -0.4 is 4.72 Å². The maximum absolute atomic E-state index is 12.3. The van der Waals surface area contributed by atoms with E-state index < -0.39 is 10.0 Å². The Kier molecular flexibility index (Phi) is 5.00. The third kappa shape index (κ3) is 4.04. The van der Waals surface area contributed by atoms with E-state index in [-0.39, 0.29) is 10.7 Å².